The van der Waals surface area contributed by atoms with Gasteiger partial charge in [-0.3, -0.25) is 4.79 Å². The van der Waals surface area contributed by atoms with Gasteiger partial charge in [0.05, 0.1) is 11.3 Å². The maximum atomic E-state index is 11.9. The highest BCUT2D eigenvalue weighted by Gasteiger charge is 2.21. The van der Waals surface area contributed by atoms with E-state index in [9.17, 15) is 10.1 Å². The normalized spacial score (nSPS) is 10.3. The van der Waals surface area contributed by atoms with Crippen molar-refractivity contribution >= 4 is 21.8 Å². The second-order valence-electron chi connectivity index (χ2n) is 4.95. The molecule has 1 heterocycles. The van der Waals surface area contributed by atoms with E-state index in [1.165, 1.54) is 0 Å². The van der Waals surface area contributed by atoms with Crippen LogP contribution < -0.4 is 5.73 Å². The summed E-state index contributed by atoms with van der Waals surface area (Å²) in [4.78, 5) is 11.9. The predicted molar refractivity (Wildman–Crippen MR) is 92.1 cm³/mol. The van der Waals surface area contributed by atoms with Gasteiger partial charge in [-0.15, -0.1) is 0 Å². The number of primary amides is 1. The average molecular weight is 366 g/mol. The fourth-order valence-electron chi connectivity index (χ4n) is 2.52. The zero-order valence-corrected chi connectivity index (χ0v) is 13.6. The zero-order valence-electron chi connectivity index (χ0n) is 12.0. The minimum atomic E-state index is -0.631. The van der Waals surface area contributed by atoms with E-state index in [2.05, 4.69) is 22.0 Å². The zero-order chi connectivity index (χ0) is 16.4. The van der Waals surface area contributed by atoms with E-state index in [4.69, 9.17) is 5.73 Å². The van der Waals surface area contributed by atoms with E-state index in [0.717, 1.165) is 21.4 Å². The van der Waals surface area contributed by atoms with E-state index in [-0.39, 0.29) is 11.3 Å². The fourth-order valence-corrected chi connectivity index (χ4v) is 2.78. The van der Waals surface area contributed by atoms with Crippen LogP contribution in [0.1, 0.15) is 16.1 Å². The van der Waals surface area contributed by atoms with Crippen LogP contribution in [0, 0.1) is 11.3 Å². The summed E-state index contributed by atoms with van der Waals surface area (Å²) in [5, 5.41) is 9.36. The fraction of sp³-hybridized carbons (Fsp3) is 0. The van der Waals surface area contributed by atoms with Crippen molar-refractivity contribution in [2.75, 3.05) is 0 Å². The van der Waals surface area contributed by atoms with Crippen molar-refractivity contribution in [1.82, 2.24) is 4.57 Å². The number of hydrogen-bond acceptors (Lipinski definition) is 2. The van der Waals surface area contributed by atoms with Crippen LogP contribution in [0.2, 0.25) is 0 Å². The molecule has 0 aliphatic heterocycles. The Balaban J connectivity index is 2.34. The van der Waals surface area contributed by atoms with Gasteiger partial charge in [-0.1, -0.05) is 46.3 Å². The van der Waals surface area contributed by atoms with Crippen molar-refractivity contribution in [3.8, 4) is 23.0 Å². The Morgan fingerprint density at radius 2 is 1.74 bits per heavy atom. The lowest BCUT2D eigenvalue weighted by atomic mass is 10.1. The first-order valence-electron chi connectivity index (χ1n) is 6.89. The molecule has 3 aromatic rings. The van der Waals surface area contributed by atoms with Gasteiger partial charge in [0, 0.05) is 10.2 Å². The summed E-state index contributed by atoms with van der Waals surface area (Å²) in [5.41, 5.74) is 8.39. The first-order chi connectivity index (χ1) is 11.1. The van der Waals surface area contributed by atoms with Gasteiger partial charge in [0.25, 0.3) is 5.91 Å². The lowest BCUT2D eigenvalue weighted by molar-refractivity contribution is 0.0993. The first kappa shape index (κ1) is 15.1. The lowest BCUT2D eigenvalue weighted by Crippen LogP contribution is -2.17. The molecule has 2 aromatic carbocycles. The summed E-state index contributed by atoms with van der Waals surface area (Å²) in [6.45, 7) is 0. The van der Waals surface area contributed by atoms with Gasteiger partial charge < -0.3 is 10.3 Å². The summed E-state index contributed by atoms with van der Waals surface area (Å²) in [7, 11) is 0. The molecule has 0 bridgehead atoms. The molecule has 0 aliphatic carbocycles. The molecule has 0 atom stereocenters. The Morgan fingerprint density at radius 1 is 1.09 bits per heavy atom. The van der Waals surface area contributed by atoms with Crippen LogP contribution in [0.3, 0.4) is 0 Å². The van der Waals surface area contributed by atoms with Crippen molar-refractivity contribution in [3.63, 3.8) is 0 Å². The summed E-state index contributed by atoms with van der Waals surface area (Å²) < 4.78 is 2.68. The van der Waals surface area contributed by atoms with Crippen LogP contribution in [-0.2, 0) is 0 Å². The van der Waals surface area contributed by atoms with Crippen LogP contribution in [-0.4, -0.2) is 10.5 Å². The number of hydrogen-bond donors (Lipinski definition) is 1. The van der Waals surface area contributed by atoms with Gasteiger partial charge in [-0.2, -0.15) is 5.26 Å². The predicted octanol–water partition coefficient (Wildman–Crippen LogP) is 3.88. The lowest BCUT2D eigenvalue weighted by Gasteiger charge is -2.12. The average Bonchev–Trinajstić information content (AvgIpc) is 2.96. The van der Waals surface area contributed by atoms with Gasteiger partial charge in [0.1, 0.15) is 11.8 Å². The smallest absolute Gasteiger partial charge is 0.267 e. The van der Waals surface area contributed by atoms with E-state index in [1.807, 2.05) is 54.6 Å². The topological polar surface area (TPSA) is 71.8 Å². The molecule has 23 heavy (non-hydrogen) atoms. The number of nitrogens with zero attached hydrogens (tertiary/aromatic N) is 2. The molecule has 0 spiro atoms. The highest BCUT2D eigenvalue weighted by Crippen LogP contribution is 2.30. The van der Waals surface area contributed by atoms with E-state index in [0.29, 0.717) is 0 Å². The number of nitrogens with two attached hydrogens (primary N) is 1. The van der Waals surface area contributed by atoms with Gasteiger partial charge in [-0.25, -0.2) is 0 Å². The second kappa shape index (κ2) is 6.11. The molecule has 112 valence electrons. The van der Waals surface area contributed by atoms with Crippen molar-refractivity contribution in [2.24, 2.45) is 5.73 Å². The summed E-state index contributed by atoms with van der Waals surface area (Å²) in [6, 6.07) is 20.8. The highest BCUT2D eigenvalue weighted by atomic mass is 79.9. The highest BCUT2D eigenvalue weighted by molar-refractivity contribution is 9.10. The molecular weight excluding hydrogens is 354 g/mol. The number of nitriles is 1. The third-order valence-electron chi connectivity index (χ3n) is 3.51. The van der Waals surface area contributed by atoms with Crippen molar-refractivity contribution in [1.29, 1.82) is 5.26 Å². The molecule has 0 aliphatic rings. The van der Waals surface area contributed by atoms with E-state index < -0.39 is 5.91 Å². The standard InChI is InChI=1S/C18H12BrN3O/c19-14-8-6-12(7-9-14)16-10-13(11-20)17(18(21)23)22(16)15-4-2-1-3-5-15/h1-10H,(H2,21,23). The quantitative estimate of drug-likeness (QED) is 0.764. The summed E-state index contributed by atoms with van der Waals surface area (Å²) in [6.07, 6.45) is 0. The van der Waals surface area contributed by atoms with Crippen LogP contribution in [0.25, 0.3) is 16.9 Å². The summed E-state index contributed by atoms with van der Waals surface area (Å²) in [5.74, 6) is -0.631. The van der Waals surface area contributed by atoms with Crippen molar-refractivity contribution in [3.05, 3.63) is 76.4 Å². The maximum Gasteiger partial charge on any atom is 0.267 e. The number of carbonyl (C=O) groups excluding carboxylic acids is 1. The molecule has 0 unspecified atom stereocenters. The Bertz CT molecular complexity index is 906. The van der Waals surface area contributed by atoms with E-state index >= 15 is 0 Å². The number of carbonyl (C=O) groups is 1. The molecule has 0 saturated carbocycles. The van der Waals surface area contributed by atoms with Gasteiger partial charge in [0.2, 0.25) is 0 Å². The minimum Gasteiger partial charge on any atom is -0.364 e. The number of aromatic nitrogens is 1. The van der Waals surface area contributed by atoms with Gasteiger partial charge in [-0.05, 0) is 35.9 Å². The van der Waals surface area contributed by atoms with Crippen LogP contribution in [0.5, 0.6) is 0 Å². The Kier molecular flexibility index (Phi) is 4.00. The maximum absolute atomic E-state index is 11.9. The Morgan fingerprint density at radius 3 is 2.30 bits per heavy atom. The molecule has 0 saturated heterocycles. The van der Waals surface area contributed by atoms with Gasteiger partial charge in [0.15, 0.2) is 0 Å². The Labute approximate surface area is 141 Å². The van der Waals surface area contributed by atoms with Crippen molar-refractivity contribution < 1.29 is 4.79 Å². The third kappa shape index (κ3) is 2.77. The Hall–Kier alpha value is -2.84. The number of amides is 1. The first-order valence-corrected chi connectivity index (χ1v) is 7.68. The number of rotatable bonds is 3. The summed E-state index contributed by atoms with van der Waals surface area (Å²) >= 11 is 3.40. The third-order valence-corrected chi connectivity index (χ3v) is 4.04. The molecule has 2 N–H and O–H groups in total. The molecule has 1 amide bonds. The molecule has 1 aromatic heterocycles. The molecule has 3 rings (SSSR count). The number of halogens is 1. The minimum absolute atomic E-state index is 0.191. The molecule has 5 heteroatoms. The van der Waals surface area contributed by atoms with Crippen LogP contribution in [0.15, 0.2) is 65.1 Å². The van der Waals surface area contributed by atoms with Crippen molar-refractivity contribution in [2.45, 2.75) is 0 Å². The molecule has 0 fully saturated rings. The SMILES string of the molecule is N#Cc1cc(-c2ccc(Br)cc2)n(-c2ccccc2)c1C(N)=O. The second-order valence-corrected chi connectivity index (χ2v) is 5.86. The largest absolute Gasteiger partial charge is 0.364 e. The molecule has 4 nitrogen and oxygen atoms in total. The van der Waals surface area contributed by atoms with E-state index in [1.54, 1.807) is 10.6 Å². The van der Waals surface area contributed by atoms with Crippen LogP contribution >= 0.6 is 15.9 Å². The molecule has 0 radical (unpaired) electrons. The number of benzene rings is 2. The molecular formula is C18H12BrN3O. The monoisotopic (exact) mass is 365 g/mol. The number of para-hydroxylation sites is 1. The van der Waals surface area contributed by atoms with Gasteiger partial charge >= 0.3 is 0 Å². The van der Waals surface area contributed by atoms with Crippen LogP contribution in [0.4, 0.5) is 0 Å².